The summed E-state index contributed by atoms with van der Waals surface area (Å²) in [6.45, 7) is 2.52. The molecule has 0 aliphatic rings. The summed E-state index contributed by atoms with van der Waals surface area (Å²) in [5.41, 5.74) is 1.86. The lowest BCUT2D eigenvalue weighted by molar-refractivity contribution is -0.121. The van der Waals surface area contributed by atoms with Gasteiger partial charge < -0.3 is 9.73 Å². The molecule has 2 aromatic rings. The Balaban J connectivity index is 1.80. The van der Waals surface area contributed by atoms with Gasteiger partial charge in [0.1, 0.15) is 5.76 Å². The van der Waals surface area contributed by atoms with Gasteiger partial charge in [-0.25, -0.2) is 0 Å². The fourth-order valence-electron chi connectivity index (χ4n) is 2.62. The van der Waals surface area contributed by atoms with Crippen molar-refractivity contribution in [1.82, 2.24) is 10.2 Å². The number of aryl methyl sites for hydroxylation is 1. The molecule has 0 saturated carbocycles. The Kier molecular flexibility index (Phi) is 6.95. The topological polar surface area (TPSA) is 62.6 Å². The first-order valence-corrected chi connectivity index (χ1v) is 8.60. The Morgan fingerprint density at radius 2 is 1.84 bits per heavy atom. The maximum atomic E-state index is 12.2. The van der Waals surface area contributed by atoms with Crippen molar-refractivity contribution in [2.75, 3.05) is 20.6 Å². The highest BCUT2D eigenvalue weighted by atomic mass is 16.3. The molecule has 1 aromatic carbocycles. The van der Waals surface area contributed by atoms with Gasteiger partial charge in [0.25, 0.3) is 0 Å². The number of carbonyl (C=O) groups is 2. The minimum atomic E-state index is -0.128. The maximum absolute atomic E-state index is 12.2. The Morgan fingerprint density at radius 3 is 2.40 bits per heavy atom. The number of hydrogen-bond acceptors (Lipinski definition) is 4. The van der Waals surface area contributed by atoms with Crippen LogP contribution in [-0.2, 0) is 11.2 Å². The van der Waals surface area contributed by atoms with Crippen molar-refractivity contribution >= 4 is 11.7 Å². The minimum absolute atomic E-state index is 0.00648. The number of likely N-dealkylation sites (N-methyl/N-ethyl adjacent to an activating group) is 1. The summed E-state index contributed by atoms with van der Waals surface area (Å²) in [7, 11) is 3.87. The van der Waals surface area contributed by atoms with Crippen LogP contribution in [0.15, 0.2) is 47.1 Å². The molecule has 0 radical (unpaired) electrons. The molecule has 0 spiro atoms. The average Bonchev–Trinajstić information content (AvgIpc) is 3.14. The molecule has 1 N–H and O–H groups in total. The molecule has 1 amide bonds. The molecule has 5 heteroatoms. The number of Topliss-reactive ketones (excluding diaryl/α,β-unsaturated/α-hetero) is 1. The van der Waals surface area contributed by atoms with Crippen LogP contribution in [0.1, 0.15) is 47.5 Å². The van der Waals surface area contributed by atoms with E-state index in [2.05, 4.69) is 12.2 Å². The summed E-state index contributed by atoms with van der Waals surface area (Å²) in [5.74, 6) is 0.669. The van der Waals surface area contributed by atoms with E-state index in [1.54, 1.807) is 6.26 Å². The number of furan rings is 1. The number of nitrogens with zero attached hydrogens (tertiary/aromatic N) is 1. The highest BCUT2D eigenvalue weighted by Gasteiger charge is 2.18. The second-order valence-electron chi connectivity index (χ2n) is 6.27. The van der Waals surface area contributed by atoms with Crippen LogP contribution in [0, 0.1) is 0 Å². The lowest BCUT2D eigenvalue weighted by Gasteiger charge is -2.22. The van der Waals surface area contributed by atoms with Crippen molar-refractivity contribution in [1.29, 1.82) is 0 Å². The third-order valence-corrected chi connectivity index (χ3v) is 4.25. The summed E-state index contributed by atoms with van der Waals surface area (Å²) in [5, 5.41) is 2.88. The lowest BCUT2D eigenvalue weighted by Crippen LogP contribution is -2.34. The van der Waals surface area contributed by atoms with Crippen LogP contribution in [0.5, 0.6) is 0 Å². The second kappa shape index (κ2) is 9.18. The summed E-state index contributed by atoms with van der Waals surface area (Å²) in [6.07, 6.45) is 2.97. The Morgan fingerprint density at radius 1 is 1.12 bits per heavy atom. The molecule has 0 aliphatic heterocycles. The van der Waals surface area contributed by atoms with E-state index in [1.165, 1.54) is 5.56 Å². The van der Waals surface area contributed by atoms with E-state index >= 15 is 0 Å². The molecule has 0 bridgehead atoms. The first kappa shape index (κ1) is 18.9. The van der Waals surface area contributed by atoms with Crippen LogP contribution in [0.25, 0.3) is 0 Å². The summed E-state index contributed by atoms with van der Waals surface area (Å²) >= 11 is 0. The van der Waals surface area contributed by atoms with Gasteiger partial charge in [0.2, 0.25) is 5.91 Å². The predicted octanol–water partition coefficient (Wildman–Crippen LogP) is 3.22. The van der Waals surface area contributed by atoms with Crippen LogP contribution >= 0.6 is 0 Å². The molecule has 2 rings (SSSR count). The van der Waals surface area contributed by atoms with E-state index in [-0.39, 0.29) is 30.6 Å². The zero-order chi connectivity index (χ0) is 18.2. The van der Waals surface area contributed by atoms with E-state index < -0.39 is 0 Å². The van der Waals surface area contributed by atoms with E-state index in [1.807, 2.05) is 55.4 Å². The molecular formula is C20H26N2O3. The molecule has 1 aromatic heterocycles. The standard InChI is InChI=1S/C20H26N2O3/c1-4-15-7-9-16(10-8-15)18(23)11-12-20(24)21-14-17(22(2)3)19-6-5-13-25-19/h5-10,13,17H,4,11-12,14H2,1-3H3,(H,21,24). The molecule has 0 fully saturated rings. The quantitative estimate of drug-likeness (QED) is 0.711. The fourth-order valence-corrected chi connectivity index (χ4v) is 2.62. The number of nitrogens with one attached hydrogen (secondary N) is 1. The van der Waals surface area contributed by atoms with Crippen molar-refractivity contribution in [3.05, 3.63) is 59.5 Å². The first-order chi connectivity index (χ1) is 12.0. The predicted molar refractivity (Wildman–Crippen MR) is 97.5 cm³/mol. The molecule has 5 nitrogen and oxygen atoms in total. The van der Waals surface area contributed by atoms with Crippen LogP contribution in [0.3, 0.4) is 0 Å². The fraction of sp³-hybridized carbons (Fsp3) is 0.400. The molecule has 0 aliphatic carbocycles. The van der Waals surface area contributed by atoms with Crippen LogP contribution in [0.2, 0.25) is 0 Å². The van der Waals surface area contributed by atoms with Gasteiger partial charge in [-0.3, -0.25) is 14.5 Å². The van der Waals surface area contributed by atoms with Crippen LogP contribution in [0.4, 0.5) is 0 Å². The summed E-state index contributed by atoms with van der Waals surface area (Å²) in [6, 6.07) is 11.3. The molecule has 1 unspecified atom stereocenters. The number of amides is 1. The van der Waals surface area contributed by atoms with Crippen molar-refractivity contribution < 1.29 is 14.0 Å². The van der Waals surface area contributed by atoms with Gasteiger partial charge in [0.05, 0.1) is 12.3 Å². The third-order valence-electron chi connectivity index (χ3n) is 4.25. The van der Waals surface area contributed by atoms with Gasteiger partial charge in [-0.15, -0.1) is 0 Å². The highest BCUT2D eigenvalue weighted by Crippen LogP contribution is 2.17. The Hall–Kier alpha value is -2.40. The zero-order valence-electron chi connectivity index (χ0n) is 15.1. The monoisotopic (exact) mass is 342 g/mol. The van der Waals surface area contributed by atoms with Gasteiger partial charge in [-0.05, 0) is 38.2 Å². The van der Waals surface area contributed by atoms with E-state index in [0.29, 0.717) is 12.1 Å². The molecular weight excluding hydrogens is 316 g/mol. The van der Waals surface area contributed by atoms with Crippen molar-refractivity contribution in [3.8, 4) is 0 Å². The van der Waals surface area contributed by atoms with Gasteiger partial charge >= 0.3 is 0 Å². The van der Waals surface area contributed by atoms with E-state index in [4.69, 9.17) is 4.42 Å². The molecule has 1 heterocycles. The number of carbonyl (C=O) groups excluding carboxylic acids is 2. The van der Waals surface area contributed by atoms with Gasteiger partial charge in [0.15, 0.2) is 5.78 Å². The largest absolute Gasteiger partial charge is 0.468 e. The molecule has 25 heavy (non-hydrogen) atoms. The van der Waals surface area contributed by atoms with Crippen LogP contribution < -0.4 is 5.32 Å². The SMILES string of the molecule is CCc1ccc(C(=O)CCC(=O)NCC(c2ccco2)N(C)C)cc1. The zero-order valence-corrected chi connectivity index (χ0v) is 15.1. The average molecular weight is 342 g/mol. The highest BCUT2D eigenvalue weighted by molar-refractivity contribution is 5.97. The molecule has 134 valence electrons. The van der Waals surface area contributed by atoms with Crippen LogP contribution in [-0.4, -0.2) is 37.2 Å². The Labute approximate surface area is 149 Å². The van der Waals surface area contributed by atoms with Gasteiger partial charge in [-0.1, -0.05) is 31.2 Å². The van der Waals surface area contributed by atoms with Crippen molar-refractivity contribution in [3.63, 3.8) is 0 Å². The number of ketones is 1. The van der Waals surface area contributed by atoms with Crippen molar-refractivity contribution in [2.45, 2.75) is 32.2 Å². The number of benzene rings is 1. The van der Waals surface area contributed by atoms with Gasteiger partial charge in [0, 0.05) is 24.9 Å². The second-order valence-corrected chi connectivity index (χ2v) is 6.27. The number of hydrogen-bond donors (Lipinski definition) is 1. The Bertz CT molecular complexity index is 675. The molecule has 0 saturated heterocycles. The smallest absolute Gasteiger partial charge is 0.220 e. The minimum Gasteiger partial charge on any atom is -0.468 e. The summed E-state index contributed by atoms with van der Waals surface area (Å²) in [4.78, 5) is 26.2. The number of rotatable bonds is 9. The van der Waals surface area contributed by atoms with Crippen molar-refractivity contribution in [2.24, 2.45) is 0 Å². The maximum Gasteiger partial charge on any atom is 0.220 e. The van der Waals surface area contributed by atoms with E-state index in [9.17, 15) is 9.59 Å². The van der Waals surface area contributed by atoms with Gasteiger partial charge in [-0.2, -0.15) is 0 Å². The lowest BCUT2D eigenvalue weighted by atomic mass is 10.0. The summed E-state index contributed by atoms with van der Waals surface area (Å²) < 4.78 is 5.42. The third kappa shape index (κ3) is 5.57. The normalized spacial score (nSPS) is 12.2. The van der Waals surface area contributed by atoms with E-state index in [0.717, 1.165) is 12.2 Å². The molecule has 1 atom stereocenters. The first-order valence-electron chi connectivity index (χ1n) is 8.60.